The lowest BCUT2D eigenvalue weighted by atomic mass is 10.1. The van der Waals surface area contributed by atoms with E-state index in [1.54, 1.807) is 0 Å². The third-order valence-corrected chi connectivity index (χ3v) is 3.27. The van der Waals surface area contributed by atoms with Crippen LogP contribution in [0, 0.1) is 0 Å². The van der Waals surface area contributed by atoms with Crippen LogP contribution >= 0.6 is 24.0 Å². The molecule has 0 aromatic rings. The molecule has 0 bridgehead atoms. The first-order valence-electron chi connectivity index (χ1n) is 6.43. The lowest BCUT2D eigenvalue weighted by molar-refractivity contribution is 0.0263. The van der Waals surface area contributed by atoms with E-state index in [9.17, 15) is 0 Å². The zero-order valence-electron chi connectivity index (χ0n) is 10.8. The second kappa shape index (κ2) is 7.41. The Morgan fingerprint density at radius 1 is 1.29 bits per heavy atom. The van der Waals surface area contributed by atoms with E-state index in [0.717, 1.165) is 38.5 Å². The highest BCUT2D eigenvalue weighted by atomic mass is 127. The summed E-state index contributed by atoms with van der Waals surface area (Å²) in [6, 6.07) is 0.684. The molecule has 0 aromatic carbocycles. The van der Waals surface area contributed by atoms with Gasteiger partial charge in [-0.1, -0.05) is 0 Å². The van der Waals surface area contributed by atoms with Crippen molar-refractivity contribution in [2.45, 2.75) is 44.8 Å². The van der Waals surface area contributed by atoms with E-state index < -0.39 is 0 Å². The Morgan fingerprint density at radius 3 is 2.41 bits per heavy atom. The summed E-state index contributed by atoms with van der Waals surface area (Å²) in [7, 11) is 1.87. The standard InChI is InChI=1S/C12H23N3O.HI/c1-3-16-11-6-8-15(9-7-11)12(13-2)14-10-4-5-10;/h10-11H,3-9H2,1-2H3,(H,13,14);1H. The summed E-state index contributed by atoms with van der Waals surface area (Å²) in [6.45, 7) is 5.04. The van der Waals surface area contributed by atoms with Crippen molar-refractivity contribution in [1.82, 2.24) is 10.2 Å². The molecule has 1 heterocycles. The van der Waals surface area contributed by atoms with E-state index in [1.807, 2.05) is 7.05 Å². The molecular weight excluding hydrogens is 329 g/mol. The minimum Gasteiger partial charge on any atom is -0.378 e. The van der Waals surface area contributed by atoms with E-state index in [0.29, 0.717) is 12.1 Å². The van der Waals surface area contributed by atoms with E-state index in [-0.39, 0.29) is 24.0 Å². The summed E-state index contributed by atoms with van der Waals surface area (Å²) >= 11 is 0. The molecule has 17 heavy (non-hydrogen) atoms. The minimum absolute atomic E-state index is 0. The summed E-state index contributed by atoms with van der Waals surface area (Å²) < 4.78 is 5.65. The van der Waals surface area contributed by atoms with Gasteiger partial charge >= 0.3 is 0 Å². The largest absolute Gasteiger partial charge is 0.378 e. The van der Waals surface area contributed by atoms with Crippen LogP contribution in [0.2, 0.25) is 0 Å². The van der Waals surface area contributed by atoms with Gasteiger partial charge in [0.15, 0.2) is 5.96 Å². The monoisotopic (exact) mass is 353 g/mol. The predicted octanol–water partition coefficient (Wildman–Crippen LogP) is 1.84. The van der Waals surface area contributed by atoms with Crippen molar-refractivity contribution < 1.29 is 4.74 Å². The maximum absolute atomic E-state index is 5.65. The lowest BCUT2D eigenvalue weighted by Gasteiger charge is -2.34. The Bertz CT molecular complexity index is 248. The second-order valence-corrected chi connectivity index (χ2v) is 4.61. The molecule has 1 saturated heterocycles. The molecule has 1 saturated carbocycles. The zero-order chi connectivity index (χ0) is 11.4. The molecule has 0 spiro atoms. The number of piperidine rings is 1. The Hall–Kier alpha value is -0.0400. The smallest absolute Gasteiger partial charge is 0.193 e. The van der Waals surface area contributed by atoms with Gasteiger partial charge < -0.3 is 15.0 Å². The average Bonchev–Trinajstić information content (AvgIpc) is 3.11. The van der Waals surface area contributed by atoms with Crippen molar-refractivity contribution in [3.05, 3.63) is 0 Å². The van der Waals surface area contributed by atoms with Crippen LogP contribution in [-0.4, -0.2) is 49.7 Å². The van der Waals surface area contributed by atoms with Gasteiger partial charge in [0.2, 0.25) is 0 Å². The van der Waals surface area contributed by atoms with Gasteiger partial charge in [-0.15, -0.1) is 24.0 Å². The Kier molecular flexibility index (Phi) is 6.54. The quantitative estimate of drug-likeness (QED) is 0.478. The molecule has 2 aliphatic rings. The highest BCUT2D eigenvalue weighted by Crippen LogP contribution is 2.20. The SMILES string of the molecule is CCOC1CCN(C(=NC)NC2CC2)CC1.I. The number of ether oxygens (including phenoxy) is 1. The first-order valence-corrected chi connectivity index (χ1v) is 6.43. The van der Waals surface area contributed by atoms with Crippen molar-refractivity contribution in [3.8, 4) is 0 Å². The van der Waals surface area contributed by atoms with Gasteiger partial charge in [-0.05, 0) is 32.6 Å². The van der Waals surface area contributed by atoms with Crippen LogP contribution in [0.4, 0.5) is 0 Å². The third-order valence-electron chi connectivity index (χ3n) is 3.27. The number of nitrogens with one attached hydrogen (secondary N) is 1. The average molecular weight is 353 g/mol. The maximum Gasteiger partial charge on any atom is 0.193 e. The minimum atomic E-state index is 0. The van der Waals surface area contributed by atoms with Crippen LogP contribution in [0.5, 0.6) is 0 Å². The zero-order valence-corrected chi connectivity index (χ0v) is 13.1. The molecule has 1 aliphatic carbocycles. The highest BCUT2D eigenvalue weighted by molar-refractivity contribution is 14.0. The molecule has 0 radical (unpaired) electrons. The van der Waals surface area contributed by atoms with Gasteiger partial charge in [-0.25, -0.2) is 0 Å². The third kappa shape index (κ3) is 4.62. The fourth-order valence-electron chi connectivity index (χ4n) is 2.18. The first kappa shape index (κ1) is 15.0. The molecule has 0 unspecified atom stereocenters. The van der Waals surface area contributed by atoms with Gasteiger partial charge in [-0.2, -0.15) is 0 Å². The maximum atomic E-state index is 5.65. The van der Waals surface area contributed by atoms with Gasteiger partial charge in [0.05, 0.1) is 6.10 Å². The van der Waals surface area contributed by atoms with Crippen LogP contribution in [0.25, 0.3) is 0 Å². The number of guanidine groups is 1. The molecule has 1 N–H and O–H groups in total. The predicted molar refractivity (Wildman–Crippen MR) is 81.2 cm³/mol. The molecule has 2 fully saturated rings. The van der Waals surface area contributed by atoms with E-state index in [2.05, 4.69) is 22.1 Å². The van der Waals surface area contributed by atoms with Crippen LogP contribution in [0.1, 0.15) is 32.6 Å². The number of halogens is 1. The van der Waals surface area contributed by atoms with Crippen molar-refractivity contribution in [2.75, 3.05) is 26.7 Å². The van der Waals surface area contributed by atoms with E-state index in [4.69, 9.17) is 4.74 Å². The summed E-state index contributed by atoms with van der Waals surface area (Å²) in [4.78, 5) is 6.71. The number of aliphatic imine (C=N–C) groups is 1. The second-order valence-electron chi connectivity index (χ2n) is 4.61. The Morgan fingerprint density at radius 2 is 1.94 bits per heavy atom. The van der Waals surface area contributed by atoms with Crippen LogP contribution < -0.4 is 5.32 Å². The summed E-state index contributed by atoms with van der Waals surface area (Å²) in [5.74, 6) is 1.08. The molecule has 0 aromatic heterocycles. The van der Waals surface area contributed by atoms with Gasteiger partial charge in [-0.3, -0.25) is 4.99 Å². The van der Waals surface area contributed by atoms with Crippen LogP contribution in [0.3, 0.4) is 0 Å². The molecular formula is C12H24IN3O. The Labute approximate surface area is 121 Å². The van der Waals surface area contributed by atoms with Crippen molar-refractivity contribution in [2.24, 2.45) is 4.99 Å². The topological polar surface area (TPSA) is 36.9 Å². The number of rotatable bonds is 3. The molecule has 0 amide bonds. The first-order chi connectivity index (χ1) is 7.83. The number of hydrogen-bond donors (Lipinski definition) is 1. The summed E-state index contributed by atoms with van der Waals surface area (Å²) in [5, 5.41) is 3.49. The van der Waals surface area contributed by atoms with E-state index in [1.165, 1.54) is 12.8 Å². The van der Waals surface area contributed by atoms with Crippen molar-refractivity contribution in [3.63, 3.8) is 0 Å². The van der Waals surface area contributed by atoms with Crippen LogP contribution in [-0.2, 0) is 4.74 Å². The molecule has 100 valence electrons. The molecule has 0 atom stereocenters. The Balaban J connectivity index is 0.00000144. The normalized spacial score (nSPS) is 22.2. The number of hydrogen-bond acceptors (Lipinski definition) is 2. The van der Waals surface area contributed by atoms with Crippen molar-refractivity contribution >= 4 is 29.9 Å². The van der Waals surface area contributed by atoms with Crippen LogP contribution in [0.15, 0.2) is 4.99 Å². The highest BCUT2D eigenvalue weighted by Gasteiger charge is 2.26. The number of nitrogens with zero attached hydrogens (tertiary/aromatic N) is 2. The number of likely N-dealkylation sites (tertiary alicyclic amines) is 1. The fourth-order valence-corrected chi connectivity index (χ4v) is 2.18. The molecule has 5 heteroatoms. The van der Waals surface area contributed by atoms with Gasteiger partial charge in [0, 0.05) is 32.8 Å². The van der Waals surface area contributed by atoms with E-state index >= 15 is 0 Å². The molecule has 1 aliphatic heterocycles. The lowest BCUT2D eigenvalue weighted by Crippen LogP contribution is -2.47. The fraction of sp³-hybridized carbons (Fsp3) is 0.917. The molecule has 4 nitrogen and oxygen atoms in total. The van der Waals surface area contributed by atoms with Crippen molar-refractivity contribution in [1.29, 1.82) is 0 Å². The van der Waals surface area contributed by atoms with Gasteiger partial charge in [0.1, 0.15) is 0 Å². The summed E-state index contributed by atoms with van der Waals surface area (Å²) in [6.07, 6.45) is 5.31. The molecule has 2 rings (SSSR count). The van der Waals surface area contributed by atoms with Gasteiger partial charge in [0.25, 0.3) is 0 Å². The summed E-state index contributed by atoms with van der Waals surface area (Å²) in [5.41, 5.74) is 0.